The van der Waals surface area contributed by atoms with Gasteiger partial charge in [-0.2, -0.15) is 0 Å². The summed E-state index contributed by atoms with van der Waals surface area (Å²) in [6.45, 7) is 4.09. The van der Waals surface area contributed by atoms with E-state index < -0.39 is 16.0 Å². The van der Waals surface area contributed by atoms with E-state index in [1.807, 2.05) is 13.8 Å². The molecular formula is C15H23N3O4S. The van der Waals surface area contributed by atoms with Gasteiger partial charge in [0.25, 0.3) is 0 Å². The summed E-state index contributed by atoms with van der Waals surface area (Å²) in [7, 11) is -2.43. The molecule has 0 amide bonds. The molecule has 7 nitrogen and oxygen atoms in total. The summed E-state index contributed by atoms with van der Waals surface area (Å²) < 4.78 is 32.3. The summed E-state index contributed by atoms with van der Waals surface area (Å²) in [5.41, 5.74) is 5.85. The SMILES string of the molecule is COC(=O)c1cc(S(=O)(=O)NC2(C)CC2)ccc1NC(C)CN. The molecule has 4 N–H and O–H groups in total. The second kappa shape index (κ2) is 6.46. The van der Waals surface area contributed by atoms with Gasteiger partial charge in [-0.3, -0.25) is 0 Å². The number of methoxy groups -OCH3 is 1. The zero-order valence-corrected chi connectivity index (χ0v) is 14.4. The molecule has 1 unspecified atom stereocenters. The third-order valence-corrected chi connectivity index (χ3v) is 5.48. The monoisotopic (exact) mass is 341 g/mol. The topological polar surface area (TPSA) is 111 Å². The number of benzene rings is 1. The van der Waals surface area contributed by atoms with Crippen LogP contribution in [-0.2, 0) is 14.8 Å². The number of hydrogen-bond acceptors (Lipinski definition) is 6. The van der Waals surface area contributed by atoms with Crippen molar-refractivity contribution in [3.63, 3.8) is 0 Å². The van der Waals surface area contributed by atoms with Crippen LogP contribution >= 0.6 is 0 Å². The van der Waals surface area contributed by atoms with E-state index in [0.717, 1.165) is 12.8 Å². The second-order valence-electron chi connectivity index (χ2n) is 6.15. The Labute approximate surface area is 136 Å². The lowest BCUT2D eigenvalue weighted by molar-refractivity contribution is 0.0601. The number of carbonyl (C=O) groups excluding carboxylic acids is 1. The maximum Gasteiger partial charge on any atom is 0.340 e. The maximum absolute atomic E-state index is 12.4. The molecule has 0 heterocycles. The van der Waals surface area contributed by atoms with Crippen molar-refractivity contribution in [1.82, 2.24) is 4.72 Å². The van der Waals surface area contributed by atoms with Gasteiger partial charge in [-0.05, 0) is 44.9 Å². The quantitative estimate of drug-likeness (QED) is 0.640. The number of nitrogens with two attached hydrogens (primary N) is 1. The molecule has 1 saturated carbocycles. The summed E-state index contributed by atoms with van der Waals surface area (Å²) in [4.78, 5) is 12.0. The molecule has 0 aliphatic heterocycles. The molecule has 1 aliphatic rings. The number of hydrogen-bond donors (Lipinski definition) is 3. The summed E-state index contributed by atoms with van der Waals surface area (Å²) in [5.74, 6) is -0.605. The van der Waals surface area contributed by atoms with Crippen molar-refractivity contribution in [2.45, 2.75) is 43.2 Å². The van der Waals surface area contributed by atoms with E-state index in [2.05, 4.69) is 10.0 Å². The summed E-state index contributed by atoms with van der Waals surface area (Å²) in [6, 6.07) is 4.28. The first-order chi connectivity index (χ1) is 10.7. The number of sulfonamides is 1. The zero-order valence-electron chi connectivity index (χ0n) is 13.5. The van der Waals surface area contributed by atoms with Gasteiger partial charge < -0.3 is 15.8 Å². The number of anilines is 1. The predicted octanol–water partition coefficient (Wildman–Crippen LogP) is 1.06. The van der Waals surface area contributed by atoms with E-state index in [1.165, 1.54) is 19.2 Å². The number of ether oxygens (including phenoxy) is 1. The third-order valence-electron chi connectivity index (χ3n) is 3.84. The fraction of sp³-hybridized carbons (Fsp3) is 0.533. The normalized spacial score (nSPS) is 17.4. The minimum atomic E-state index is -3.68. The minimum Gasteiger partial charge on any atom is -0.465 e. The summed E-state index contributed by atoms with van der Waals surface area (Å²) in [6.07, 6.45) is 1.62. The van der Waals surface area contributed by atoms with E-state index in [4.69, 9.17) is 10.5 Å². The summed E-state index contributed by atoms with van der Waals surface area (Å²) in [5, 5.41) is 3.07. The van der Waals surface area contributed by atoms with Crippen LogP contribution in [0.1, 0.15) is 37.0 Å². The van der Waals surface area contributed by atoms with Crippen LogP contribution in [0.25, 0.3) is 0 Å². The second-order valence-corrected chi connectivity index (χ2v) is 7.83. The average Bonchev–Trinajstić information content (AvgIpc) is 3.22. The van der Waals surface area contributed by atoms with Crippen molar-refractivity contribution in [3.05, 3.63) is 23.8 Å². The molecule has 0 aromatic heterocycles. The highest BCUT2D eigenvalue weighted by Crippen LogP contribution is 2.36. The van der Waals surface area contributed by atoms with Crippen LogP contribution in [-0.4, -0.2) is 39.6 Å². The summed E-state index contributed by atoms with van der Waals surface area (Å²) >= 11 is 0. The van der Waals surface area contributed by atoms with E-state index >= 15 is 0 Å². The average molecular weight is 341 g/mol. The van der Waals surface area contributed by atoms with Crippen molar-refractivity contribution in [3.8, 4) is 0 Å². The highest BCUT2D eigenvalue weighted by molar-refractivity contribution is 7.89. The molecule has 8 heteroatoms. The van der Waals surface area contributed by atoms with Crippen molar-refractivity contribution < 1.29 is 17.9 Å². The van der Waals surface area contributed by atoms with Crippen LogP contribution in [0.2, 0.25) is 0 Å². The van der Waals surface area contributed by atoms with Crippen LogP contribution in [0, 0.1) is 0 Å². The highest BCUT2D eigenvalue weighted by atomic mass is 32.2. The van der Waals surface area contributed by atoms with Gasteiger partial charge in [0.2, 0.25) is 10.0 Å². The van der Waals surface area contributed by atoms with Crippen LogP contribution < -0.4 is 15.8 Å². The Morgan fingerprint density at radius 2 is 2.09 bits per heavy atom. The molecule has 1 atom stereocenters. The fourth-order valence-corrected chi connectivity index (χ4v) is 3.58. The van der Waals surface area contributed by atoms with E-state index in [0.29, 0.717) is 12.2 Å². The molecule has 0 spiro atoms. The molecule has 1 aliphatic carbocycles. The Balaban J connectivity index is 2.37. The number of rotatable bonds is 7. The Morgan fingerprint density at radius 1 is 1.43 bits per heavy atom. The fourth-order valence-electron chi connectivity index (χ4n) is 2.09. The molecule has 2 rings (SSSR count). The molecule has 1 fully saturated rings. The molecule has 0 saturated heterocycles. The first-order valence-electron chi connectivity index (χ1n) is 7.44. The van der Waals surface area contributed by atoms with Crippen molar-refractivity contribution in [1.29, 1.82) is 0 Å². The Hall–Kier alpha value is -1.64. The number of esters is 1. The number of carbonyl (C=O) groups is 1. The van der Waals surface area contributed by atoms with Gasteiger partial charge in [0.15, 0.2) is 0 Å². The molecular weight excluding hydrogens is 318 g/mol. The van der Waals surface area contributed by atoms with Gasteiger partial charge >= 0.3 is 5.97 Å². The van der Waals surface area contributed by atoms with Crippen molar-refractivity contribution in [2.24, 2.45) is 5.73 Å². The van der Waals surface area contributed by atoms with Gasteiger partial charge in [0, 0.05) is 23.8 Å². The lowest BCUT2D eigenvalue weighted by Gasteiger charge is -2.17. The van der Waals surface area contributed by atoms with E-state index in [9.17, 15) is 13.2 Å². The van der Waals surface area contributed by atoms with Crippen LogP contribution in [0.3, 0.4) is 0 Å². The first kappa shape index (κ1) is 17.7. The first-order valence-corrected chi connectivity index (χ1v) is 8.92. The Kier molecular flexibility index (Phi) is 4.98. The molecule has 1 aromatic rings. The van der Waals surface area contributed by atoms with Gasteiger partial charge in [-0.15, -0.1) is 0 Å². The van der Waals surface area contributed by atoms with Crippen LogP contribution in [0.5, 0.6) is 0 Å². The predicted molar refractivity (Wildman–Crippen MR) is 87.9 cm³/mol. The molecule has 128 valence electrons. The van der Waals surface area contributed by atoms with E-state index in [1.54, 1.807) is 6.07 Å². The van der Waals surface area contributed by atoms with Crippen LogP contribution in [0.4, 0.5) is 5.69 Å². The van der Waals surface area contributed by atoms with Gasteiger partial charge in [-0.1, -0.05) is 0 Å². The zero-order chi connectivity index (χ0) is 17.3. The smallest absolute Gasteiger partial charge is 0.340 e. The molecule has 0 radical (unpaired) electrons. The Bertz CT molecular complexity index is 699. The van der Waals surface area contributed by atoms with Crippen LogP contribution in [0.15, 0.2) is 23.1 Å². The minimum absolute atomic E-state index is 0.0389. The molecule has 1 aromatic carbocycles. The van der Waals surface area contributed by atoms with Gasteiger partial charge in [0.1, 0.15) is 0 Å². The highest BCUT2D eigenvalue weighted by Gasteiger charge is 2.41. The Morgan fingerprint density at radius 3 is 2.61 bits per heavy atom. The lowest BCUT2D eigenvalue weighted by atomic mass is 10.1. The van der Waals surface area contributed by atoms with E-state index in [-0.39, 0.29) is 22.0 Å². The lowest BCUT2D eigenvalue weighted by Crippen LogP contribution is -2.34. The largest absolute Gasteiger partial charge is 0.465 e. The maximum atomic E-state index is 12.4. The number of nitrogens with one attached hydrogen (secondary N) is 2. The third kappa shape index (κ3) is 4.21. The van der Waals surface area contributed by atoms with Crippen molar-refractivity contribution in [2.75, 3.05) is 19.0 Å². The van der Waals surface area contributed by atoms with Gasteiger partial charge in [0.05, 0.1) is 17.6 Å². The van der Waals surface area contributed by atoms with Gasteiger partial charge in [-0.25, -0.2) is 17.9 Å². The van der Waals surface area contributed by atoms with Crippen molar-refractivity contribution >= 4 is 21.7 Å². The molecule has 0 bridgehead atoms. The standard InChI is InChI=1S/C15H23N3O4S/c1-10(9-16)17-13-5-4-11(8-12(13)14(19)22-3)23(20,21)18-15(2)6-7-15/h4-5,8,10,17-18H,6-7,9,16H2,1-3H3. The molecule has 23 heavy (non-hydrogen) atoms.